The first-order valence-electron chi connectivity index (χ1n) is 6.54. The molecule has 0 radical (unpaired) electrons. The van der Waals surface area contributed by atoms with Gasteiger partial charge in [-0.15, -0.1) is 0 Å². The van der Waals surface area contributed by atoms with Crippen molar-refractivity contribution in [3.8, 4) is 11.5 Å². The van der Waals surface area contributed by atoms with Crippen LogP contribution in [0.5, 0.6) is 11.5 Å². The molecule has 6 heteroatoms. The third kappa shape index (κ3) is 2.63. The van der Waals surface area contributed by atoms with Crippen LogP contribution in [0.25, 0.3) is 6.08 Å². The molecule has 1 atom stereocenters. The highest BCUT2D eigenvalue weighted by molar-refractivity contribution is 6.30. The first-order chi connectivity index (χ1) is 10.6. The first-order valence-corrected chi connectivity index (χ1v) is 6.92. The van der Waals surface area contributed by atoms with E-state index in [2.05, 4.69) is 0 Å². The van der Waals surface area contributed by atoms with E-state index < -0.39 is 11.0 Å². The molecule has 0 saturated carbocycles. The zero-order valence-electron chi connectivity index (χ0n) is 11.7. The maximum absolute atomic E-state index is 11.4. The van der Waals surface area contributed by atoms with E-state index in [1.807, 2.05) is 0 Å². The van der Waals surface area contributed by atoms with E-state index in [1.165, 1.54) is 6.08 Å². The van der Waals surface area contributed by atoms with Crippen molar-refractivity contribution >= 4 is 17.7 Å². The van der Waals surface area contributed by atoms with Crippen LogP contribution in [-0.4, -0.2) is 12.0 Å². The van der Waals surface area contributed by atoms with Gasteiger partial charge in [-0.25, -0.2) is 0 Å². The largest absolute Gasteiger partial charge is 0.497 e. The Labute approximate surface area is 131 Å². The summed E-state index contributed by atoms with van der Waals surface area (Å²) in [7, 11) is 1.56. The summed E-state index contributed by atoms with van der Waals surface area (Å²) in [4.78, 5) is 10.9. The third-order valence-corrected chi connectivity index (χ3v) is 3.65. The van der Waals surface area contributed by atoms with E-state index in [4.69, 9.17) is 21.1 Å². The van der Waals surface area contributed by atoms with Gasteiger partial charge in [0.25, 0.3) is 5.70 Å². The molecule has 1 heterocycles. The molecular weight excluding hydrogens is 306 g/mol. The van der Waals surface area contributed by atoms with Gasteiger partial charge in [0.1, 0.15) is 11.5 Å². The van der Waals surface area contributed by atoms with E-state index in [1.54, 1.807) is 49.6 Å². The Kier molecular flexibility index (Phi) is 3.73. The normalized spacial score (nSPS) is 16.3. The fraction of sp³-hybridized carbons (Fsp3) is 0.125. The minimum atomic E-state index is -0.769. The summed E-state index contributed by atoms with van der Waals surface area (Å²) in [6.45, 7) is 0. The van der Waals surface area contributed by atoms with Crippen molar-refractivity contribution in [3.63, 3.8) is 0 Å². The molecule has 3 rings (SSSR count). The molecule has 1 aliphatic heterocycles. The molecule has 2 aromatic rings. The highest BCUT2D eigenvalue weighted by Gasteiger charge is 2.33. The van der Waals surface area contributed by atoms with Crippen LogP contribution in [0.2, 0.25) is 5.02 Å². The van der Waals surface area contributed by atoms with Crippen molar-refractivity contribution < 1.29 is 14.4 Å². The van der Waals surface area contributed by atoms with Gasteiger partial charge < -0.3 is 9.47 Å². The van der Waals surface area contributed by atoms with Crippen molar-refractivity contribution in [1.29, 1.82) is 0 Å². The summed E-state index contributed by atoms with van der Waals surface area (Å²) in [5.41, 5.74) is 1.26. The van der Waals surface area contributed by atoms with E-state index >= 15 is 0 Å². The Balaban J connectivity index is 2.04. The van der Waals surface area contributed by atoms with Crippen LogP contribution >= 0.6 is 11.6 Å². The minimum absolute atomic E-state index is 0.0278. The summed E-state index contributed by atoms with van der Waals surface area (Å²) in [5.74, 6) is 1.24. The van der Waals surface area contributed by atoms with E-state index in [0.29, 0.717) is 27.6 Å². The predicted octanol–water partition coefficient (Wildman–Crippen LogP) is 4.10. The lowest BCUT2D eigenvalue weighted by Crippen LogP contribution is -2.19. The van der Waals surface area contributed by atoms with Crippen LogP contribution in [0.4, 0.5) is 0 Å². The summed E-state index contributed by atoms with van der Waals surface area (Å²) in [6, 6.07) is 12.0. The van der Waals surface area contributed by atoms with Crippen LogP contribution in [0.15, 0.2) is 48.2 Å². The predicted molar refractivity (Wildman–Crippen MR) is 82.8 cm³/mol. The van der Waals surface area contributed by atoms with Crippen molar-refractivity contribution in [1.82, 2.24) is 0 Å². The highest BCUT2D eigenvalue weighted by Crippen LogP contribution is 2.38. The fourth-order valence-electron chi connectivity index (χ4n) is 2.33. The van der Waals surface area contributed by atoms with Crippen molar-refractivity contribution in [3.05, 3.63) is 74.4 Å². The lowest BCUT2D eigenvalue weighted by atomic mass is 10.0. The van der Waals surface area contributed by atoms with E-state index in [0.717, 1.165) is 0 Å². The average Bonchev–Trinajstić information content (AvgIpc) is 2.53. The number of halogens is 1. The standard InChI is InChI=1S/C16H12ClNO4/c1-21-13-5-2-10(3-6-13)16-14(18(19)20)9-11-8-12(17)4-7-15(11)22-16/h2-9,16H,1H3/t16-/m1/s1. The maximum Gasteiger partial charge on any atom is 0.291 e. The van der Waals surface area contributed by atoms with Crippen LogP contribution in [0.1, 0.15) is 17.2 Å². The molecule has 1 aliphatic rings. The Morgan fingerprint density at radius 1 is 1.23 bits per heavy atom. The van der Waals surface area contributed by atoms with Crippen LogP contribution < -0.4 is 9.47 Å². The molecule has 0 amide bonds. The monoisotopic (exact) mass is 317 g/mol. The number of fused-ring (bicyclic) bond motifs is 1. The van der Waals surface area contributed by atoms with Crippen LogP contribution in [-0.2, 0) is 0 Å². The minimum Gasteiger partial charge on any atom is -0.497 e. The number of methoxy groups -OCH3 is 1. The molecule has 0 spiro atoms. The number of hydrogen-bond acceptors (Lipinski definition) is 4. The first kappa shape index (κ1) is 14.4. The Bertz CT molecular complexity index is 755. The molecule has 0 saturated heterocycles. The molecule has 0 unspecified atom stereocenters. The second kappa shape index (κ2) is 5.69. The van der Waals surface area contributed by atoms with Gasteiger partial charge >= 0.3 is 0 Å². The molecule has 0 fully saturated rings. The number of ether oxygens (including phenoxy) is 2. The van der Waals surface area contributed by atoms with Crippen molar-refractivity contribution in [2.24, 2.45) is 0 Å². The smallest absolute Gasteiger partial charge is 0.291 e. The number of nitro groups is 1. The van der Waals surface area contributed by atoms with Gasteiger partial charge in [-0.2, -0.15) is 0 Å². The Morgan fingerprint density at radius 2 is 1.95 bits per heavy atom. The van der Waals surface area contributed by atoms with Gasteiger partial charge in [0.05, 0.1) is 12.0 Å². The van der Waals surface area contributed by atoms with Gasteiger partial charge in [-0.3, -0.25) is 10.1 Å². The summed E-state index contributed by atoms with van der Waals surface area (Å²) in [5, 5.41) is 11.9. The van der Waals surface area contributed by atoms with Gasteiger partial charge in [0, 0.05) is 22.2 Å². The lowest BCUT2D eigenvalue weighted by molar-refractivity contribution is -0.434. The van der Waals surface area contributed by atoms with Gasteiger partial charge in [-0.1, -0.05) is 23.7 Å². The molecule has 0 N–H and O–H groups in total. The summed E-state index contributed by atoms with van der Waals surface area (Å²) in [6.07, 6.45) is 0.731. The average molecular weight is 318 g/mol. The van der Waals surface area contributed by atoms with Crippen molar-refractivity contribution in [2.45, 2.75) is 6.10 Å². The van der Waals surface area contributed by atoms with E-state index in [9.17, 15) is 10.1 Å². The number of hydrogen-bond donors (Lipinski definition) is 0. The summed E-state index contributed by atoms with van der Waals surface area (Å²) < 4.78 is 10.9. The molecular formula is C16H12ClNO4. The number of nitrogens with zero attached hydrogens (tertiary/aromatic N) is 1. The fourth-order valence-corrected chi connectivity index (χ4v) is 2.51. The molecule has 2 aromatic carbocycles. The van der Waals surface area contributed by atoms with Gasteiger partial charge in [0.15, 0.2) is 0 Å². The van der Waals surface area contributed by atoms with Gasteiger partial charge in [-0.05, 0) is 30.3 Å². The molecule has 0 aromatic heterocycles. The van der Waals surface area contributed by atoms with Crippen molar-refractivity contribution in [2.75, 3.05) is 7.11 Å². The zero-order chi connectivity index (χ0) is 15.7. The SMILES string of the molecule is COc1ccc([C@H]2Oc3ccc(Cl)cc3C=C2[N+](=O)[O-])cc1. The van der Waals surface area contributed by atoms with Crippen LogP contribution in [0.3, 0.4) is 0 Å². The van der Waals surface area contributed by atoms with Gasteiger partial charge in [0.2, 0.25) is 6.10 Å². The second-order valence-electron chi connectivity index (χ2n) is 4.78. The third-order valence-electron chi connectivity index (χ3n) is 3.42. The molecule has 0 bridgehead atoms. The highest BCUT2D eigenvalue weighted by atomic mass is 35.5. The quantitative estimate of drug-likeness (QED) is 0.631. The van der Waals surface area contributed by atoms with E-state index in [-0.39, 0.29) is 5.70 Å². The Hall–Kier alpha value is -2.53. The second-order valence-corrected chi connectivity index (χ2v) is 5.22. The molecule has 22 heavy (non-hydrogen) atoms. The lowest BCUT2D eigenvalue weighted by Gasteiger charge is -2.22. The van der Waals surface area contributed by atoms with Crippen LogP contribution in [0, 0.1) is 10.1 Å². The number of rotatable bonds is 3. The topological polar surface area (TPSA) is 61.6 Å². The molecule has 112 valence electrons. The maximum atomic E-state index is 11.4. The summed E-state index contributed by atoms with van der Waals surface area (Å²) >= 11 is 5.92. The number of benzene rings is 2. The zero-order valence-corrected chi connectivity index (χ0v) is 12.4. The molecule has 0 aliphatic carbocycles. The Morgan fingerprint density at radius 3 is 2.59 bits per heavy atom. The molecule has 5 nitrogen and oxygen atoms in total.